The summed E-state index contributed by atoms with van der Waals surface area (Å²) in [6, 6.07) is 2.24. The SMILES string of the molecule is NC(=NC(=O)OCC(NC(=O)C1CCC(=O)N1)C(=O)O)NC(=O)Cc1c(Cl)cccc1Cl. The van der Waals surface area contributed by atoms with E-state index in [-0.39, 0.29) is 35.2 Å². The molecule has 1 aromatic carbocycles. The first kappa shape index (κ1) is 24.9. The molecule has 0 saturated carbocycles. The number of nitrogens with one attached hydrogen (secondary N) is 3. The van der Waals surface area contributed by atoms with E-state index in [2.05, 4.69) is 25.7 Å². The maximum atomic E-state index is 12.0. The molecule has 1 heterocycles. The lowest BCUT2D eigenvalue weighted by atomic mass is 10.1. The number of guanidine groups is 1. The van der Waals surface area contributed by atoms with Gasteiger partial charge in [-0.1, -0.05) is 29.3 Å². The van der Waals surface area contributed by atoms with E-state index in [1.165, 1.54) is 0 Å². The topological polar surface area (TPSA) is 189 Å². The van der Waals surface area contributed by atoms with Crippen LogP contribution in [0, 0.1) is 0 Å². The van der Waals surface area contributed by atoms with Crippen LogP contribution in [-0.2, 0) is 30.3 Å². The molecule has 12 nitrogen and oxygen atoms in total. The molecule has 2 atom stereocenters. The lowest BCUT2D eigenvalue weighted by Crippen LogP contribution is -2.50. The maximum Gasteiger partial charge on any atom is 0.436 e. The zero-order valence-electron chi connectivity index (χ0n) is 16.4. The minimum atomic E-state index is -1.59. The van der Waals surface area contributed by atoms with Gasteiger partial charge in [0.1, 0.15) is 12.6 Å². The van der Waals surface area contributed by atoms with Crippen molar-refractivity contribution in [3.8, 4) is 0 Å². The van der Waals surface area contributed by atoms with Gasteiger partial charge in [0.05, 0.1) is 6.42 Å². The molecule has 1 aromatic rings. The zero-order chi connectivity index (χ0) is 23.8. The van der Waals surface area contributed by atoms with Crippen LogP contribution in [0.5, 0.6) is 0 Å². The summed E-state index contributed by atoms with van der Waals surface area (Å²) < 4.78 is 4.68. The van der Waals surface area contributed by atoms with Crippen LogP contribution in [0.3, 0.4) is 0 Å². The van der Waals surface area contributed by atoms with Crippen molar-refractivity contribution >= 4 is 58.9 Å². The summed E-state index contributed by atoms with van der Waals surface area (Å²) in [5.41, 5.74) is 5.82. The fraction of sp³-hybridized carbons (Fsp3) is 0.333. The number of hydrogen-bond donors (Lipinski definition) is 5. The van der Waals surface area contributed by atoms with E-state index in [0.717, 1.165) is 0 Å². The van der Waals surface area contributed by atoms with Crippen LogP contribution in [0.25, 0.3) is 0 Å². The number of carboxylic acids is 1. The molecule has 4 amide bonds. The van der Waals surface area contributed by atoms with Crippen molar-refractivity contribution in [2.24, 2.45) is 10.7 Å². The second kappa shape index (κ2) is 11.3. The minimum absolute atomic E-state index is 0.146. The van der Waals surface area contributed by atoms with Gasteiger partial charge in [-0.2, -0.15) is 0 Å². The van der Waals surface area contributed by atoms with Crippen molar-refractivity contribution in [3.63, 3.8) is 0 Å². The van der Waals surface area contributed by atoms with Gasteiger partial charge in [-0.15, -0.1) is 4.99 Å². The summed E-state index contributed by atoms with van der Waals surface area (Å²) in [5.74, 6) is -3.80. The predicted molar refractivity (Wildman–Crippen MR) is 112 cm³/mol. The van der Waals surface area contributed by atoms with Crippen molar-refractivity contribution in [1.82, 2.24) is 16.0 Å². The standard InChI is InChI=1S/C18H19Cl2N5O7/c19-9-2-1-3-10(20)8(9)6-14(27)24-17(21)25-18(31)32-7-12(16(29)30)23-15(28)11-4-5-13(26)22-11/h1-3,11-12H,4-7H2,(H,22,26)(H,23,28)(H,29,30)(H3,21,24,25,27,31). The fourth-order valence-electron chi connectivity index (χ4n) is 2.62. The number of nitrogens with two attached hydrogens (primary N) is 1. The molecule has 1 aliphatic heterocycles. The van der Waals surface area contributed by atoms with Crippen molar-refractivity contribution in [2.45, 2.75) is 31.3 Å². The van der Waals surface area contributed by atoms with Gasteiger partial charge in [0.25, 0.3) is 0 Å². The predicted octanol–water partition coefficient (Wildman–Crippen LogP) is -0.0486. The van der Waals surface area contributed by atoms with E-state index in [1.54, 1.807) is 18.2 Å². The van der Waals surface area contributed by atoms with E-state index in [4.69, 9.17) is 28.9 Å². The number of halogens is 2. The second-order valence-corrected chi connectivity index (χ2v) is 7.37. The Morgan fingerprint density at radius 1 is 1.28 bits per heavy atom. The number of aliphatic imine (C=N–C) groups is 1. The quantitative estimate of drug-likeness (QED) is 0.261. The van der Waals surface area contributed by atoms with Crippen LogP contribution in [-0.4, -0.2) is 59.5 Å². The Labute approximate surface area is 191 Å². The number of carboxylic acid groups (broad SMARTS) is 1. The van der Waals surface area contributed by atoms with Crippen LogP contribution in [0.4, 0.5) is 4.79 Å². The van der Waals surface area contributed by atoms with Crippen LogP contribution >= 0.6 is 23.2 Å². The highest BCUT2D eigenvalue weighted by Gasteiger charge is 2.31. The number of nitrogens with zero attached hydrogens (tertiary/aromatic N) is 1. The van der Waals surface area contributed by atoms with Gasteiger partial charge < -0.3 is 26.2 Å². The highest BCUT2D eigenvalue weighted by atomic mass is 35.5. The van der Waals surface area contributed by atoms with Gasteiger partial charge in [-0.3, -0.25) is 19.7 Å². The molecule has 2 unspecified atom stereocenters. The van der Waals surface area contributed by atoms with Crippen LogP contribution in [0.15, 0.2) is 23.2 Å². The fourth-order valence-corrected chi connectivity index (χ4v) is 3.15. The molecule has 6 N–H and O–H groups in total. The van der Waals surface area contributed by atoms with Crippen molar-refractivity contribution < 1.29 is 33.8 Å². The Bertz CT molecular complexity index is 949. The average Bonchev–Trinajstić information content (AvgIpc) is 3.14. The monoisotopic (exact) mass is 487 g/mol. The molecule has 0 spiro atoms. The molecule has 172 valence electrons. The molecular weight excluding hydrogens is 469 g/mol. The molecule has 32 heavy (non-hydrogen) atoms. The van der Waals surface area contributed by atoms with Crippen molar-refractivity contribution in [2.75, 3.05) is 6.61 Å². The maximum absolute atomic E-state index is 12.0. The zero-order valence-corrected chi connectivity index (χ0v) is 17.9. The lowest BCUT2D eigenvalue weighted by molar-refractivity contribution is -0.143. The third kappa shape index (κ3) is 7.39. The molecule has 0 bridgehead atoms. The van der Waals surface area contributed by atoms with Gasteiger partial charge in [-0.05, 0) is 24.1 Å². The summed E-state index contributed by atoms with van der Waals surface area (Å²) in [6.45, 7) is -0.763. The van der Waals surface area contributed by atoms with E-state index in [9.17, 15) is 29.1 Å². The van der Waals surface area contributed by atoms with E-state index in [1.807, 2.05) is 0 Å². The number of benzene rings is 1. The first-order chi connectivity index (χ1) is 15.1. The largest absolute Gasteiger partial charge is 0.480 e. The lowest BCUT2D eigenvalue weighted by Gasteiger charge is -2.17. The van der Waals surface area contributed by atoms with Gasteiger partial charge in [0.2, 0.25) is 23.7 Å². The Balaban J connectivity index is 1.85. The highest BCUT2D eigenvalue weighted by molar-refractivity contribution is 6.36. The molecule has 1 saturated heterocycles. The number of carbonyl (C=O) groups is 5. The van der Waals surface area contributed by atoms with Crippen molar-refractivity contribution in [1.29, 1.82) is 0 Å². The van der Waals surface area contributed by atoms with Gasteiger partial charge in [-0.25, -0.2) is 9.59 Å². The van der Waals surface area contributed by atoms with E-state index in [0.29, 0.717) is 5.56 Å². The molecule has 0 aromatic heterocycles. The number of ether oxygens (including phenoxy) is 1. The third-order valence-corrected chi connectivity index (χ3v) is 4.89. The molecule has 14 heteroatoms. The highest BCUT2D eigenvalue weighted by Crippen LogP contribution is 2.24. The van der Waals surface area contributed by atoms with Crippen molar-refractivity contribution in [3.05, 3.63) is 33.8 Å². The molecule has 2 rings (SSSR count). The Kier molecular flexibility index (Phi) is 8.79. The van der Waals surface area contributed by atoms with E-state index >= 15 is 0 Å². The van der Waals surface area contributed by atoms with Gasteiger partial charge >= 0.3 is 12.1 Å². The van der Waals surface area contributed by atoms with E-state index < -0.39 is 48.5 Å². The summed E-state index contributed by atoms with van der Waals surface area (Å²) in [5, 5.41) is 16.4. The second-order valence-electron chi connectivity index (χ2n) is 6.56. The summed E-state index contributed by atoms with van der Waals surface area (Å²) in [7, 11) is 0. The van der Waals surface area contributed by atoms with Crippen LogP contribution in [0.1, 0.15) is 18.4 Å². The third-order valence-electron chi connectivity index (χ3n) is 4.18. The first-order valence-electron chi connectivity index (χ1n) is 9.13. The number of hydrogen-bond acceptors (Lipinski definition) is 6. The Morgan fingerprint density at radius 3 is 2.50 bits per heavy atom. The summed E-state index contributed by atoms with van der Waals surface area (Å²) in [4.78, 5) is 61.5. The minimum Gasteiger partial charge on any atom is -0.480 e. The molecule has 0 radical (unpaired) electrons. The Morgan fingerprint density at radius 2 is 1.94 bits per heavy atom. The Hall–Kier alpha value is -3.38. The molecule has 0 aliphatic carbocycles. The number of aliphatic carboxylic acids is 1. The summed E-state index contributed by atoms with van der Waals surface area (Å²) >= 11 is 12.0. The number of rotatable bonds is 7. The van der Waals surface area contributed by atoms with Gasteiger partial charge in [0, 0.05) is 16.5 Å². The molecular formula is C18H19Cl2N5O7. The smallest absolute Gasteiger partial charge is 0.436 e. The average molecular weight is 488 g/mol. The van der Waals surface area contributed by atoms with Crippen LogP contribution in [0.2, 0.25) is 10.0 Å². The number of carbonyl (C=O) groups excluding carboxylic acids is 4. The first-order valence-corrected chi connectivity index (χ1v) is 9.88. The van der Waals surface area contributed by atoms with Crippen LogP contribution < -0.4 is 21.7 Å². The molecule has 1 fully saturated rings. The summed E-state index contributed by atoms with van der Waals surface area (Å²) in [6.07, 6.45) is -1.17. The van der Waals surface area contributed by atoms with Gasteiger partial charge in [0.15, 0.2) is 6.04 Å². The normalized spacial score (nSPS) is 16.6. The number of amides is 4. The molecule has 1 aliphatic rings.